The lowest BCUT2D eigenvalue weighted by Gasteiger charge is -2.02. The van der Waals surface area contributed by atoms with Crippen molar-refractivity contribution in [1.29, 1.82) is 0 Å². The summed E-state index contributed by atoms with van der Waals surface area (Å²) in [5, 5.41) is 8.10. The molecule has 0 aliphatic heterocycles. The van der Waals surface area contributed by atoms with Crippen molar-refractivity contribution in [2.24, 2.45) is 0 Å². The maximum Gasteiger partial charge on any atom is 0.330 e. The highest BCUT2D eigenvalue weighted by Gasteiger charge is 1.94. The normalized spacial score (nSPS) is 9.06. The molecule has 3 nitrogen and oxygen atoms in total. The molecule has 1 N–H and O–H groups in total. The fraction of sp³-hybridized carbons (Fsp3) is 0.400. The highest BCUT2D eigenvalue weighted by molar-refractivity contribution is 5.81. The summed E-state index contributed by atoms with van der Waals surface area (Å²) in [6, 6.07) is 8.63. The first-order chi connectivity index (χ1) is 8.69. The summed E-state index contributed by atoms with van der Waals surface area (Å²) < 4.78 is 4.33. The molecule has 0 aromatic heterocycles. The van der Waals surface area contributed by atoms with Gasteiger partial charge in [-0.25, -0.2) is 4.79 Å². The Kier molecular flexibility index (Phi) is 9.60. The van der Waals surface area contributed by atoms with Gasteiger partial charge in [0.05, 0.1) is 6.61 Å². The average Bonchev–Trinajstić information content (AvgIpc) is 2.45. The standard InChI is InChI=1S/C10H14.C5H8O3/c1-3-9-7-5-6-8-10(9)4-2;1-2-5(7)8-4-3-6/h5-8H,3-4H2,1-2H3;2,6H,1,3-4H2. The van der Waals surface area contributed by atoms with Gasteiger partial charge in [-0.2, -0.15) is 0 Å². The van der Waals surface area contributed by atoms with Gasteiger partial charge in [-0.15, -0.1) is 0 Å². The van der Waals surface area contributed by atoms with Gasteiger partial charge in [0.25, 0.3) is 0 Å². The topological polar surface area (TPSA) is 46.5 Å². The monoisotopic (exact) mass is 250 g/mol. The maximum atomic E-state index is 10.1. The highest BCUT2D eigenvalue weighted by Crippen LogP contribution is 2.08. The van der Waals surface area contributed by atoms with E-state index in [4.69, 9.17) is 5.11 Å². The van der Waals surface area contributed by atoms with E-state index in [0.717, 1.165) is 18.9 Å². The lowest BCUT2D eigenvalue weighted by atomic mass is 10.0. The summed E-state index contributed by atoms with van der Waals surface area (Å²) in [4.78, 5) is 10.1. The molecule has 0 spiro atoms. The Morgan fingerprint density at radius 3 is 2.11 bits per heavy atom. The van der Waals surface area contributed by atoms with Crippen molar-refractivity contribution in [3.05, 3.63) is 48.0 Å². The van der Waals surface area contributed by atoms with Crippen molar-refractivity contribution < 1.29 is 14.6 Å². The second kappa shape index (κ2) is 10.5. The number of aliphatic hydroxyl groups excluding tert-OH is 1. The maximum absolute atomic E-state index is 10.1. The molecule has 1 aromatic rings. The summed E-state index contributed by atoms with van der Waals surface area (Å²) in [5.41, 5.74) is 2.98. The molecule has 0 aliphatic carbocycles. The number of aliphatic hydroxyl groups is 1. The van der Waals surface area contributed by atoms with E-state index in [0.29, 0.717) is 0 Å². The largest absolute Gasteiger partial charge is 0.460 e. The second-order valence-electron chi connectivity index (χ2n) is 3.57. The van der Waals surface area contributed by atoms with Crippen LogP contribution >= 0.6 is 0 Å². The Bertz CT molecular complexity index is 336. The third-order valence-electron chi connectivity index (χ3n) is 2.38. The number of benzene rings is 1. The number of esters is 1. The van der Waals surface area contributed by atoms with Gasteiger partial charge in [-0.3, -0.25) is 0 Å². The van der Waals surface area contributed by atoms with Gasteiger partial charge in [0.1, 0.15) is 6.61 Å². The quantitative estimate of drug-likeness (QED) is 0.645. The highest BCUT2D eigenvalue weighted by atomic mass is 16.5. The Morgan fingerprint density at radius 1 is 1.28 bits per heavy atom. The number of ether oxygens (including phenoxy) is 1. The minimum atomic E-state index is -0.501. The molecule has 0 amide bonds. The number of aryl methyl sites for hydroxylation is 2. The van der Waals surface area contributed by atoms with E-state index >= 15 is 0 Å². The summed E-state index contributed by atoms with van der Waals surface area (Å²) in [7, 11) is 0. The third-order valence-corrected chi connectivity index (χ3v) is 2.38. The van der Waals surface area contributed by atoms with Crippen LogP contribution in [0.3, 0.4) is 0 Å². The van der Waals surface area contributed by atoms with Crippen molar-refractivity contribution in [1.82, 2.24) is 0 Å². The van der Waals surface area contributed by atoms with Crippen LogP contribution in [-0.4, -0.2) is 24.3 Å². The van der Waals surface area contributed by atoms with Crippen LogP contribution in [0.25, 0.3) is 0 Å². The van der Waals surface area contributed by atoms with E-state index < -0.39 is 5.97 Å². The summed E-state index contributed by atoms with van der Waals surface area (Å²) in [6.45, 7) is 7.47. The minimum absolute atomic E-state index is 0.0465. The molecule has 0 saturated heterocycles. The van der Waals surface area contributed by atoms with Gasteiger partial charge >= 0.3 is 5.97 Å². The zero-order valence-electron chi connectivity index (χ0n) is 11.2. The molecule has 100 valence electrons. The van der Waals surface area contributed by atoms with E-state index in [2.05, 4.69) is 49.4 Å². The summed E-state index contributed by atoms with van der Waals surface area (Å²) in [5.74, 6) is -0.501. The predicted octanol–water partition coefficient (Wildman–Crippen LogP) is 2.52. The molecule has 0 fully saturated rings. The van der Waals surface area contributed by atoms with E-state index in [1.54, 1.807) is 0 Å². The van der Waals surface area contributed by atoms with Gasteiger partial charge < -0.3 is 9.84 Å². The number of carbonyl (C=O) groups is 1. The van der Waals surface area contributed by atoms with Crippen LogP contribution in [0, 0.1) is 0 Å². The summed E-state index contributed by atoms with van der Waals surface area (Å²) >= 11 is 0. The molecule has 3 heteroatoms. The second-order valence-corrected chi connectivity index (χ2v) is 3.57. The van der Waals surface area contributed by atoms with E-state index in [1.807, 2.05) is 0 Å². The predicted molar refractivity (Wildman–Crippen MR) is 73.4 cm³/mol. The lowest BCUT2D eigenvalue weighted by molar-refractivity contribution is -0.138. The molecule has 0 radical (unpaired) electrons. The van der Waals surface area contributed by atoms with Crippen LogP contribution in [-0.2, 0) is 22.4 Å². The zero-order chi connectivity index (χ0) is 13.8. The minimum Gasteiger partial charge on any atom is -0.460 e. The average molecular weight is 250 g/mol. The van der Waals surface area contributed by atoms with Crippen molar-refractivity contribution >= 4 is 5.97 Å². The first-order valence-electron chi connectivity index (χ1n) is 6.16. The smallest absolute Gasteiger partial charge is 0.330 e. The molecule has 0 bridgehead atoms. The van der Waals surface area contributed by atoms with Crippen LogP contribution in [0.1, 0.15) is 25.0 Å². The van der Waals surface area contributed by atoms with Gasteiger partial charge in [-0.05, 0) is 24.0 Å². The van der Waals surface area contributed by atoms with Crippen molar-refractivity contribution in [3.8, 4) is 0 Å². The van der Waals surface area contributed by atoms with Gasteiger partial charge in [0.2, 0.25) is 0 Å². The lowest BCUT2D eigenvalue weighted by Crippen LogP contribution is -2.04. The molecule has 0 heterocycles. The van der Waals surface area contributed by atoms with Crippen molar-refractivity contribution in [2.75, 3.05) is 13.2 Å². The molecule has 0 unspecified atom stereocenters. The van der Waals surface area contributed by atoms with E-state index in [9.17, 15) is 4.79 Å². The van der Waals surface area contributed by atoms with Crippen LogP contribution < -0.4 is 0 Å². The fourth-order valence-electron chi connectivity index (χ4n) is 1.45. The molecule has 18 heavy (non-hydrogen) atoms. The first kappa shape index (κ1) is 16.4. The van der Waals surface area contributed by atoms with Crippen LogP contribution in [0.15, 0.2) is 36.9 Å². The summed E-state index contributed by atoms with van der Waals surface area (Å²) in [6.07, 6.45) is 3.36. The van der Waals surface area contributed by atoms with Crippen LogP contribution in [0.2, 0.25) is 0 Å². The molecule has 0 saturated carbocycles. The number of carbonyl (C=O) groups excluding carboxylic acids is 1. The Balaban J connectivity index is 0.000000331. The molecule has 1 aromatic carbocycles. The fourth-order valence-corrected chi connectivity index (χ4v) is 1.45. The zero-order valence-corrected chi connectivity index (χ0v) is 11.2. The number of hydrogen-bond donors (Lipinski definition) is 1. The van der Waals surface area contributed by atoms with E-state index in [-0.39, 0.29) is 13.2 Å². The Labute approximate surface area is 109 Å². The van der Waals surface area contributed by atoms with Crippen molar-refractivity contribution in [2.45, 2.75) is 26.7 Å². The molecule has 0 aliphatic rings. The van der Waals surface area contributed by atoms with Crippen molar-refractivity contribution in [3.63, 3.8) is 0 Å². The molecular formula is C15H22O3. The Hall–Kier alpha value is -1.61. The number of rotatable bonds is 5. The van der Waals surface area contributed by atoms with Gasteiger partial charge in [-0.1, -0.05) is 44.7 Å². The SMILES string of the molecule is C=CC(=O)OCCO.CCc1ccccc1CC. The molecule has 1 rings (SSSR count). The van der Waals surface area contributed by atoms with Gasteiger partial charge in [0, 0.05) is 6.08 Å². The third kappa shape index (κ3) is 6.86. The van der Waals surface area contributed by atoms with E-state index in [1.165, 1.54) is 11.1 Å². The molecular weight excluding hydrogens is 228 g/mol. The van der Waals surface area contributed by atoms with Crippen LogP contribution in [0.5, 0.6) is 0 Å². The van der Waals surface area contributed by atoms with Crippen LogP contribution in [0.4, 0.5) is 0 Å². The van der Waals surface area contributed by atoms with Gasteiger partial charge in [0.15, 0.2) is 0 Å². The number of hydrogen-bond acceptors (Lipinski definition) is 3. The Morgan fingerprint density at radius 2 is 1.78 bits per heavy atom. The first-order valence-corrected chi connectivity index (χ1v) is 6.16. The molecule has 0 atom stereocenters.